The van der Waals surface area contributed by atoms with Gasteiger partial charge < -0.3 is 19.6 Å². The highest BCUT2D eigenvalue weighted by molar-refractivity contribution is 6.74. The lowest BCUT2D eigenvalue weighted by Crippen LogP contribution is -2.58. The predicted octanol–water partition coefficient (Wildman–Crippen LogP) is 3.16. The molecule has 3 aliphatic rings. The number of nitrogens with one attached hydrogen (secondary N) is 1. The summed E-state index contributed by atoms with van der Waals surface area (Å²) < 4.78 is 7.98. The van der Waals surface area contributed by atoms with Gasteiger partial charge >= 0.3 is 23.9 Å². The minimum Gasteiger partial charge on any atom is -0.455 e. The first kappa shape index (κ1) is 32.2. The van der Waals surface area contributed by atoms with Crippen LogP contribution in [-0.2, 0) is 32.6 Å². The zero-order valence-electron chi connectivity index (χ0n) is 26.9. The molecule has 14 nitrogen and oxygen atoms in total. The molecule has 1 aromatic carbocycles. The standard InChI is InChI=1S/C30H42N8O6Si/c1-8-35-14-15-36(27(40)26(35)39)28(41)31-17-22(33-44-45(6,7)30(2,3)4)25-24-21(16-32-34(24)5)23-18-37(25)29(42)38(23)43-19-20-12-10-9-11-13-20/h9-13,16,23,25H,8,14-15,17-19H2,1-7H3,(H,31,41)/b33-22+/t23-,25+/m0/s1. The number of urea groups is 2. The van der Waals surface area contributed by atoms with Crippen molar-refractivity contribution in [2.45, 2.75) is 64.5 Å². The Hall–Kier alpha value is -4.24. The first-order chi connectivity index (χ1) is 21.2. The van der Waals surface area contributed by atoms with Crippen LogP contribution in [0, 0.1) is 0 Å². The van der Waals surface area contributed by atoms with Gasteiger partial charge in [-0.25, -0.2) is 9.59 Å². The summed E-state index contributed by atoms with van der Waals surface area (Å²) in [5, 5.41) is 13.1. The van der Waals surface area contributed by atoms with Crippen LogP contribution in [0.4, 0.5) is 9.59 Å². The first-order valence-electron chi connectivity index (χ1n) is 15.2. The average molecular weight is 639 g/mol. The Balaban J connectivity index is 1.45. The second kappa shape index (κ2) is 12.3. The van der Waals surface area contributed by atoms with Crippen molar-refractivity contribution < 1.29 is 28.5 Å². The lowest BCUT2D eigenvalue weighted by Gasteiger charge is -2.36. The first-order valence-corrected chi connectivity index (χ1v) is 18.1. The zero-order valence-corrected chi connectivity index (χ0v) is 27.9. The largest absolute Gasteiger partial charge is 0.455 e. The van der Waals surface area contributed by atoms with Crippen molar-refractivity contribution in [3.63, 3.8) is 0 Å². The highest BCUT2D eigenvalue weighted by Gasteiger charge is 2.52. The number of oxime groups is 1. The van der Waals surface area contributed by atoms with Crippen LogP contribution < -0.4 is 5.32 Å². The molecule has 6 amide bonds. The van der Waals surface area contributed by atoms with Gasteiger partial charge in [0, 0.05) is 32.2 Å². The van der Waals surface area contributed by atoms with E-state index in [2.05, 4.69) is 49.4 Å². The van der Waals surface area contributed by atoms with Gasteiger partial charge in [0.25, 0.3) is 8.32 Å². The maximum absolute atomic E-state index is 13.9. The second-order valence-corrected chi connectivity index (χ2v) is 17.7. The minimum absolute atomic E-state index is 0.0759. The number of aryl methyl sites for hydroxylation is 1. The number of fused-ring (bicyclic) bond motifs is 4. The van der Waals surface area contributed by atoms with Gasteiger partial charge in [0.05, 0.1) is 25.0 Å². The maximum atomic E-state index is 13.9. The average Bonchev–Trinajstić information content (AvgIpc) is 3.52. The summed E-state index contributed by atoms with van der Waals surface area (Å²) in [5.74, 6) is -1.60. The third-order valence-corrected chi connectivity index (χ3v) is 13.3. The molecule has 1 N–H and O–H groups in total. The Morgan fingerprint density at radius 2 is 1.82 bits per heavy atom. The van der Waals surface area contributed by atoms with Gasteiger partial charge in [-0.05, 0) is 30.6 Å². The molecular formula is C30H42N8O6Si. The fraction of sp³-hybridized carbons (Fsp3) is 0.533. The van der Waals surface area contributed by atoms with Crippen molar-refractivity contribution in [2.24, 2.45) is 12.2 Å². The van der Waals surface area contributed by atoms with Crippen molar-refractivity contribution >= 4 is 37.9 Å². The van der Waals surface area contributed by atoms with E-state index in [4.69, 9.17) is 9.36 Å². The molecule has 0 unspecified atom stereocenters. The van der Waals surface area contributed by atoms with Gasteiger partial charge in [-0.15, -0.1) is 5.16 Å². The van der Waals surface area contributed by atoms with Crippen molar-refractivity contribution in [3.8, 4) is 0 Å². The fourth-order valence-corrected chi connectivity index (χ4v) is 5.98. The van der Waals surface area contributed by atoms with Crippen molar-refractivity contribution in [2.75, 3.05) is 32.7 Å². The number of rotatable bonds is 9. The molecule has 2 bridgehead atoms. The molecule has 45 heavy (non-hydrogen) atoms. The van der Waals surface area contributed by atoms with Crippen molar-refractivity contribution in [1.82, 2.24) is 34.9 Å². The van der Waals surface area contributed by atoms with Crippen LogP contribution in [0.1, 0.15) is 56.6 Å². The molecule has 242 valence electrons. The third kappa shape index (κ3) is 6.05. The Bertz CT molecular complexity index is 1500. The number of carbonyl (C=O) groups is 4. The molecule has 0 saturated carbocycles. The summed E-state index contributed by atoms with van der Waals surface area (Å²) >= 11 is 0. The molecule has 2 aromatic rings. The third-order valence-electron chi connectivity index (χ3n) is 9.11. The number of carbonyl (C=O) groups excluding carboxylic acids is 4. The van der Waals surface area contributed by atoms with Crippen LogP contribution >= 0.6 is 0 Å². The molecule has 2 saturated heterocycles. The molecule has 3 aliphatic heterocycles. The van der Waals surface area contributed by atoms with Crippen LogP contribution in [-0.4, -0.2) is 100 Å². The number of hydrogen-bond acceptors (Lipinski definition) is 8. The molecule has 0 spiro atoms. The van der Waals surface area contributed by atoms with Crippen LogP contribution in [0.5, 0.6) is 0 Å². The van der Waals surface area contributed by atoms with E-state index in [-0.39, 0.29) is 37.3 Å². The second-order valence-electron chi connectivity index (χ2n) is 13.0. The smallest absolute Gasteiger partial charge is 0.345 e. The highest BCUT2D eigenvalue weighted by Crippen LogP contribution is 2.45. The number of amides is 6. The van der Waals surface area contributed by atoms with Crippen LogP contribution in [0.2, 0.25) is 18.1 Å². The lowest BCUT2D eigenvalue weighted by atomic mass is 9.94. The van der Waals surface area contributed by atoms with Gasteiger partial charge in [-0.1, -0.05) is 51.1 Å². The molecule has 0 radical (unpaired) electrons. The molecule has 1 aromatic heterocycles. The monoisotopic (exact) mass is 638 g/mol. The maximum Gasteiger partial charge on any atom is 0.345 e. The van der Waals surface area contributed by atoms with E-state index in [0.717, 1.165) is 21.7 Å². The molecular weight excluding hydrogens is 596 g/mol. The van der Waals surface area contributed by atoms with E-state index in [1.807, 2.05) is 30.3 Å². The van der Waals surface area contributed by atoms with E-state index in [1.54, 1.807) is 29.7 Å². The van der Waals surface area contributed by atoms with E-state index in [1.165, 1.54) is 9.96 Å². The number of aromatic nitrogens is 2. The summed E-state index contributed by atoms with van der Waals surface area (Å²) in [5.41, 5.74) is 2.81. The highest BCUT2D eigenvalue weighted by atomic mass is 28.4. The topological polar surface area (TPSA) is 142 Å². The van der Waals surface area contributed by atoms with Crippen LogP contribution in [0.15, 0.2) is 41.7 Å². The Morgan fingerprint density at radius 1 is 1.11 bits per heavy atom. The molecule has 15 heteroatoms. The zero-order chi connectivity index (χ0) is 32.7. The van der Waals surface area contributed by atoms with E-state index >= 15 is 0 Å². The summed E-state index contributed by atoms with van der Waals surface area (Å²) in [4.78, 5) is 62.4. The summed E-state index contributed by atoms with van der Waals surface area (Å²) in [6, 6.07) is 7.40. The number of imide groups is 1. The SMILES string of the molecule is CCN1CCN(C(=O)NC/C(=N\O[Si](C)(C)C(C)(C)C)[C@@H]2c3c(cnn3C)[C@@H]3CN2C(=O)N3OCc2ccccc2)C(=O)C1=O. The summed E-state index contributed by atoms with van der Waals surface area (Å²) in [6.45, 7) is 13.2. The normalized spacial score (nSPS) is 20.6. The van der Waals surface area contributed by atoms with Crippen LogP contribution in [0.3, 0.4) is 0 Å². The number of likely N-dealkylation sites (N-methyl/N-ethyl adjacent to an activating group) is 1. The molecule has 5 rings (SSSR count). The fourth-order valence-electron chi connectivity index (χ4n) is 5.36. The van der Waals surface area contributed by atoms with Gasteiger partial charge in [-0.2, -0.15) is 10.2 Å². The molecule has 4 heterocycles. The van der Waals surface area contributed by atoms with Crippen molar-refractivity contribution in [3.05, 3.63) is 53.3 Å². The summed E-state index contributed by atoms with van der Waals surface area (Å²) in [7, 11) is -0.628. The van der Waals surface area contributed by atoms with Crippen LogP contribution in [0.25, 0.3) is 0 Å². The number of piperazine rings is 1. The quantitative estimate of drug-likeness (QED) is 0.193. The molecule has 0 aliphatic carbocycles. The van der Waals surface area contributed by atoms with E-state index < -0.39 is 38.2 Å². The van der Waals surface area contributed by atoms with Gasteiger partial charge in [0.15, 0.2) is 0 Å². The van der Waals surface area contributed by atoms with Crippen molar-refractivity contribution in [1.29, 1.82) is 0 Å². The van der Waals surface area contributed by atoms with E-state index in [0.29, 0.717) is 18.8 Å². The Kier molecular flexibility index (Phi) is 8.77. The Morgan fingerprint density at radius 3 is 2.49 bits per heavy atom. The molecule has 2 atom stereocenters. The lowest BCUT2D eigenvalue weighted by molar-refractivity contribution is -0.153. The van der Waals surface area contributed by atoms with Gasteiger partial charge in [0.2, 0.25) is 0 Å². The number of nitrogens with zero attached hydrogens (tertiary/aromatic N) is 7. The number of hydroxylamine groups is 2. The number of benzene rings is 1. The predicted molar refractivity (Wildman–Crippen MR) is 167 cm³/mol. The van der Waals surface area contributed by atoms with Gasteiger partial charge in [-0.3, -0.25) is 24.0 Å². The summed E-state index contributed by atoms with van der Waals surface area (Å²) in [6.07, 6.45) is 1.73. The minimum atomic E-state index is -2.42. The van der Waals surface area contributed by atoms with Gasteiger partial charge in [0.1, 0.15) is 24.4 Å². The van der Waals surface area contributed by atoms with E-state index in [9.17, 15) is 19.2 Å². The number of hydrogen-bond donors (Lipinski definition) is 1. The Labute approximate surface area is 264 Å². The molecule has 2 fully saturated rings.